The van der Waals surface area contributed by atoms with Crippen LogP contribution in [0.2, 0.25) is 0 Å². The number of pyridine rings is 1. The van der Waals surface area contributed by atoms with Gasteiger partial charge in [0.25, 0.3) is 11.8 Å². The summed E-state index contributed by atoms with van der Waals surface area (Å²) in [6.07, 6.45) is 3.73. The minimum atomic E-state index is -1.05. The van der Waals surface area contributed by atoms with Crippen molar-refractivity contribution in [3.8, 4) is 0 Å². The van der Waals surface area contributed by atoms with E-state index in [1.165, 1.54) is 6.20 Å². The maximum atomic E-state index is 12.9. The molecule has 0 unspecified atom stereocenters. The van der Waals surface area contributed by atoms with Crippen molar-refractivity contribution >= 4 is 17.7 Å². The van der Waals surface area contributed by atoms with Crippen molar-refractivity contribution in [3.63, 3.8) is 0 Å². The molecule has 0 radical (unpaired) electrons. The fourth-order valence-corrected chi connectivity index (χ4v) is 3.81. The molecule has 0 spiro atoms. The molecule has 0 bridgehead atoms. The summed E-state index contributed by atoms with van der Waals surface area (Å²) in [6.45, 7) is 4.69. The number of aryl methyl sites for hydroxylation is 2. The SMILES string of the molecule is CNC(=O)C1(NC(=O)c2cccnc2)CCN(C(=O)c2cc(C)cc(C)c2)CC1. The smallest absolute Gasteiger partial charge is 0.253 e. The molecule has 3 amide bonds. The number of piperidine rings is 1. The molecule has 1 aromatic carbocycles. The standard InChI is InChI=1S/C22H26N4O3/c1-15-11-16(2)13-18(12-15)20(28)26-9-6-22(7-10-26,21(29)23-3)25-19(27)17-5-4-8-24-14-17/h4-5,8,11-14H,6-7,9-10H2,1-3H3,(H,23,29)(H,25,27). The highest BCUT2D eigenvalue weighted by atomic mass is 16.2. The maximum absolute atomic E-state index is 12.9. The number of nitrogens with zero attached hydrogens (tertiary/aromatic N) is 2. The highest BCUT2D eigenvalue weighted by molar-refractivity contribution is 5.99. The molecule has 7 nitrogen and oxygen atoms in total. The van der Waals surface area contributed by atoms with E-state index in [-0.39, 0.29) is 17.7 Å². The zero-order valence-corrected chi connectivity index (χ0v) is 17.0. The van der Waals surface area contributed by atoms with E-state index in [0.29, 0.717) is 37.1 Å². The molecule has 2 N–H and O–H groups in total. The van der Waals surface area contributed by atoms with Gasteiger partial charge in [-0.05, 0) is 51.0 Å². The van der Waals surface area contributed by atoms with Crippen LogP contribution in [-0.2, 0) is 4.79 Å². The zero-order chi connectivity index (χ0) is 21.0. The number of rotatable bonds is 4. The second-order valence-corrected chi connectivity index (χ2v) is 7.53. The molecular formula is C22H26N4O3. The average molecular weight is 394 g/mol. The summed E-state index contributed by atoms with van der Waals surface area (Å²) < 4.78 is 0. The Kier molecular flexibility index (Phi) is 5.96. The number of likely N-dealkylation sites (tertiary alicyclic amines) is 1. The second-order valence-electron chi connectivity index (χ2n) is 7.53. The molecular weight excluding hydrogens is 368 g/mol. The fraction of sp³-hybridized carbons (Fsp3) is 0.364. The summed E-state index contributed by atoms with van der Waals surface area (Å²) in [5.74, 6) is -0.662. The van der Waals surface area contributed by atoms with Gasteiger partial charge in [-0.3, -0.25) is 19.4 Å². The zero-order valence-electron chi connectivity index (χ0n) is 17.0. The number of likely N-dealkylation sites (N-methyl/N-ethyl adjacent to an activating group) is 1. The summed E-state index contributed by atoms with van der Waals surface area (Å²) in [5.41, 5.74) is 2.06. The van der Waals surface area contributed by atoms with Gasteiger partial charge >= 0.3 is 0 Å². The molecule has 1 aliphatic rings. The molecule has 2 heterocycles. The Bertz CT molecular complexity index is 899. The lowest BCUT2D eigenvalue weighted by atomic mass is 9.85. The van der Waals surface area contributed by atoms with Gasteiger partial charge in [-0.2, -0.15) is 0 Å². The molecule has 2 aromatic rings. The van der Waals surface area contributed by atoms with E-state index in [1.54, 1.807) is 30.3 Å². The molecule has 1 aliphatic heterocycles. The van der Waals surface area contributed by atoms with Crippen LogP contribution in [0, 0.1) is 13.8 Å². The van der Waals surface area contributed by atoms with Crippen molar-refractivity contribution in [2.24, 2.45) is 0 Å². The Morgan fingerprint density at radius 1 is 1.03 bits per heavy atom. The van der Waals surface area contributed by atoms with Crippen LogP contribution in [0.25, 0.3) is 0 Å². The van der Waals surface area contributed by atoms with Crippen molar-refractivity contribution in [1.82, 2.24) is 20.5 Å². The summed E-state index contributed by atoms with van der Waals surface area (Å²) >= 11 is 0. The lowest BCUT2D eigenvalue weighted by Crippen LogP contribution is -2.63. The first-order chi connectivity index (χ1) is 13.8. The molecule has 0 atom stereocenters. The van der Waals surface area contributed by atoms with Gasteiger partial charge in [-0.25, -0.2) is 0 Å². The summed E-state index contributed by atoms with van der Waals surface area (Å²) in [4.78, 5) is 43.9. The first kappa shape index (κ1) is 20.5. The largest absolute Gasteiger partial charge is 0.357 e. The van der Waals surface area contributed by atoms with Crippen LogP contribution < -0.4 is 10.6 Å². The molecule has 1 fully saturated rings. The third kappa shape index (κ3) is 4.45. The number of nitrogens with one attached hydrogen (secondary N) is 2. The van der Waals surface area contributed by atoms with Crippen LogP contribution in [0.1, 0.15) is 44.7 Å². The van der Waals surface area contributed by atoms with E-state index in [4.69, 9.17) is 0 Å². The second kappa shape index (κ2) is 8.43. The van der Waals surface area contributed by atoms with Crippen LogP contribution in [0.4, 0.5) is 0 Å². The molecule has 0 aliphatic carbocycles. The number of carbonyl (C=O) groups is 3. The maximum Gasteiger partial charge on any atom is 0.253 e. The quantitative estimate of drug-likeness (QED) is 0.828. The Balaban J connectivity index is 1.75. The van der Waals surface area contributed by atoms with Crippen molar-refractivity contribution in [3.05, 3.63) is 65.0 Å². The molecule has 0 saturated carbocycles. The molecule has 3 rings (SSSR count). The van der Waals surface area contributed by atoms with E-state index in [0.717, 1.165) is 11.1 Å². The van der Waals surface area contributed by atoms with E-state index in [9.17, 15) is 14.4 Å². The van der Waals surface area contributed by atoms with Crippen LogP contribution in [0.3, 0.4) is 0 Å². The predicted octanol–water partition coefficient (Wildman–Crippen LogP) is 1.85. The van der Waals surface area contributed by atoms with Gasteiger partial charge in [0.2, 0.25) is 5.91 Å². The number of carbonyl (C=O) groups excluding carboxylic acids is 3. The highest BCUT2D eigenvalue weighted by Crippen LogP contribution is 2.25. The Hall–Kier alpha value is -3.22. The van der Waals surface area contributed by atoms with E-state index in [1.807, 2.05) is 32.0 Å². The minimum absolute atomic E-state index is 0.0547. The molecule has 1 saturated heterocycles. The first-order valence-corrected chi connectivity index (χ1v) is 9.67. The third-order valence-corrected chi connectivity index (χ3v) is 5.31. The molecule has 1 aromatic heterocycles. The molecule has 7 heteroatoms. The lowest BCUT2D eigenvalue weighted by molar-refractivity contribution is -0.128. The number of benzene rings is 1. The summed E-state index contributed by atoms with van der Waals surface area (Å²) in [7, 11) is 1.55. The number of hydrogen-bond donors (Lipinski definition) is 2. The Morgan fingerprint density at radius 2 is 1.69 bits per heavy atom. The van der Waals surface area contributed by atoms with Gasteiger partial charge in [-0.1, -0.05) is 17.2 Å². The monoisotopic (exact) mass is 394 g/mol. The van der Waals surface area contributed by atoms with Crippen LogP contribution in [0.15, 0.2) is 42.7 Å². The lowest BCUT2D eigenvalue weighted by Gasteiger charge is -2.41. The third-order valence-electron chi connectivity index (χ3n) is 5.31. The van der Waals surface area contributed by atoms with Gasteiger partial charge in [0.1, 0.15) is 5.54 Å². The van der Waals surface area contributed by atoms with Gasteiger partial charge in [0, 0.05) is 38.1 Å². The normalized spacial score (nSPS) is 15.5. The highest BCUT2D eigenvalue weighted by Gasteiger charge is 2.43. The Labute approximate surface area is 170 Å². The predicted molar refractivity (Wildman–Crippen MR) is 110 cm³/mol. The van der Waals surface area contributed by atoms with Crippen molar-refractivity contribution in [1.29, 1.82) is 0 Å². The van der Waals surface area contributed by atoms with Crippen molar-refractivity contribution in [2.45, 2.75) is 32.2 Å². The molecule has 152 valence electrons. The number of aromatic nitrogens is 1. The van der Waals surface area contributed by atoms with Crippen LogP contribution >= 0.6 is 0 Å². The van der Waals surface area contributed by atoms with Gasteiger partial charge in [-0.15, -0.1) is 0 Å². The summed E-state index contributed by atoms with van der Waals surface area (Å²) in [6, 6.07) is 9.10. The fourth-order valence-electron chi connectivity index (χ4n) is 3.81. The van der Waals surface area contributed by atoms with Crippen LogP contribution in [0.5, 0.6) is 0 Å². The van der Waals surface area contributed by atoms with Crippen molar-refractivity contribution in [2.75, 3.05) is 20.1 Å². The topological polar surface area (TPSA) is 91.4 Å². The minimum Gasteiger partial charge on any atom is -0.357 e. The number of amides is 3. The number of hydrogen-bond acceptors (Lipinski definition) is 4. The molecule has 29 heavy (non-hydrogen) atoms. The van der Waals surface area contributed by atoms with E-state index in [2.05, 4.69) is 15.6 Å². The summed E-state index contributed by atoms with van der Waals surface area (Å²) in [5, 5.41) is 5.54. The van der Waals surface area contributed by atoms with E-state index < -0.39 is 5.54 Å². The van der Waals surface area contributed by atoms with Crippen LogP contribution in [-0.4, -0.2) is 53.3 Å². The van der Waals surface area contributed by atoms with Gasteiger partial charge in [0.05, 0.1) is 5.56 Å². The average Bonchev–Trinajstić information content (AvgIpc) is 2.73. The Morgan fingerprint density at radius 3 is 2.24 bits per heavy atom. The van der Waals surface area contributed by atoms with Gasteiger partial charge < -0.3 is 15.5 Å². The van der Waals surface area contributed by atoms with Crippen molar-refractivity contribution < 1.29 is 14.4 Å². The first-order valence-electron chi connectivity index (χ1n) is 9.67. The van der Waals surface area contributed by atoms with E-state index >= 15 is 0 Å². The van der Waals surface area contributed by atoms with Gasteiger partial charge in [0.15, 0.2) is 0 Å².